The van der Waals surface area contributed by atoms with E-state index in [-0.39, 0.29) is 6.61 Å². The van der Waals surface area contributed by atoms with E-state index in [4.69, 9.17) is 19.0 Å². The molecule has 0 saturated heterocycles. The van der Waals surface area contributed by atoms with Crippen LogP contribution in [0.25, 0.3) is 11.0 Å². The molecule has 5 nitrogen and oxygen atoms in total. The van der Waals surface area contributed by atoms with E-state index in [0.29, 0.717) is 19.7 Å². The van der Waals surface area contributed by atoms with Crippen molar-refractivity contribution >= 4 is 11.0 Å². The Morgan fingerprint density at radius 1 is 1.08 bits per heavy atom. The second-order valence-electron chi connectivity index (χ2n) is 5.40. The molecule has 3 aromatic rings. The third-order valence-electron chi connectivity index (χ3n) is 3.71. The maximum atomic E-state index is 8.89. The Morgan fingerprint density at radius 2 is 1.96 bits per heavy atom. The van der Waals surface area contributed by atoms with Gasteiger partial charge in [-0.2, -0.15) is 0 Å². The number of ether oxygens (including phenoxy) is 2. The van der Waals surface area contributed by atoms with Crippen LogP contribution >= 0.6 is 0 Å². The molecule has 0 saturated carbocycles. The predicted molar refractivity (Wildman–Crippen MR) is 92.3 cm³/mol. The maximum Gasteiger partial charge on any atom is 0.134 e. The standard InChI is InChI=1S/C19H21NO4/c1-22-16-6-7-19-15(10-16)11-17(24-19)13-20-12-14-4-2-3-5-18(14)23-9-8-21/h2-7,10-11,20-21H,8-9,12-13H2,1H3. The van der Waals surface area contributed by atoms with Crippen molar-refractivity contribution in [1.82, 2.24) is 5.32 Å². The number of aliphatic hydroxyl groups excluding tert-OH is 1. The minimum absolute atomic E-state index is 0.00418. The number of fused-ring (bicyclic) bond motifs is 1. The molecular weight excluding hydrogens is 306 g/mol. The first-order valence-electron chi connectivity index (χ1n) is 7.89. The monoisotopic (exact) mass is 327 g/mol. The molecule has 3 rings (SSSR count). The SMILES string of the molecule is COc1ccc2oc(CNCc3ccccc3OCCO)cc2c1. The van der Waals surface area contributed by atoms with Gasteiger partial charge >= 0.3 is 0 Å². The van der Waals surface area contributed by atoms with Crippen LogP contribution in [-0.4, -0.2) is 25.4 Å². The lowest BCUT2D eigenvalue weighted by atomic mass is 10.2. The molecule has 0 radical (unpaired) electrons. The van der Waals surface area contributed by atoms with Crippen LogP contribution in [0.4, 0.5) is 0 Å². The highest BCUT2D eigenvalue weighted by Crippen LogP contribution is 2.24. The van der Waals surface area contributed by atoms with Gasteiger partial charge in [0.2, 0.25) is 0 Å². The molecule has 0 aliphatic carbocycles. The minimum Gasteiger partial charge on any atom is -0.497 e. The average molecular weight is 327 g/mol. The quantitative estimate of drug-likeness (QED) is 0.665. The van der Waals surface area contributed by atoms with E-state index in [0.717, 1.165) is 33.8 Å². The zero-order valence-corrected chi connectivity index (χ0v) is 13.6. The fourth-order valence-corrected chi connectivity index (χ4v) is 2.56. The molecule has 5 heteroatoms. The van der Waals surface area contributed by atoms with Crippen LogP contribution in [-0.2, 0) is 13.1 Å². The fraction of sp³-hybridized carbons (Fsp3) is 0.263. The highest BCUT2D eigenvalue weighted by Gasteiger charge is 2.06. The lowest BCUT2D eigenvalue weighted by molar-refractivity contribution is 0.200. The summed E-state index contributed by atoms with van der Waals surface area (Å²) < 4.78 is 16.6. The van der Waals surface area contributed by atoms with Crippen LogP contribution in [0.15, 0.2) is 52.9 Å². The molecular formula is C19H21NO4. The number of para-hydroxylation sites is 1. The zero-order valence-electron chi connectivity index (χ0n) is 13.6. The molecule has 2 aromatic carbocycles. The molecule has 126 valence electrons. The molecule has 2 N–H and O–H groups in total. The van der Waals surface area contributed by atoms with E-state index < -0.39 is 0 Å². The van der Waals surface area contributed by atoms with Crippen LogP contribution in [0.3, 0.4) is 0 Å². The van der Waals surface area contributed by atoms with Crippen molar-refractivity contribution in [1.29, 1.82) is 0 Å². The second-order valence-corrected chi connectivity index (χ2v) is 5.40. The Hall–Kier alpha value is -2.50. The third-order valence-corrected chi connectivity index (χ3v) is 3.71. The van der Waals surface area contributed by atoms with Crippen molar-refractivity contribution in [2.75, 3.05) is 20.3 Å². The molecule has 0 bridgehead atoms. The molecule has 0 aliphatic rings. The first-order valence-corrected chi connectivity index (χ1v) is 7.89. The number of hydrogen-bond acceptors (Lipinski definition) is 5. The smallest absolute Gasteiger partial charge is 0.134 e. The highest BCUT2D eigenvalue weighted by molar-refractivity contribution is 5.79. The normalized spacial score (nSPS) is 10.9. The van der Waals surface area contributed by atoms with Gasteiger partial charge in [0.15, 0.2) is 0 Å². The fourth-order valence-electron chi connectivity index (χ4n) is 2.56. The van der Waals surface area contributed by atoms with Gasteiger partial charge in [-0.1, -0.05) is 18.2 Å². The Kier molecular flexibility index (Phi) is 5.36. The Labute approximate surface area is 140 Å². The van der Waals surface area contributed by atoms with Crippen molar-refractivity contribution in [3.05, 3.63) is 59.9 Å². The topological polar surface area (TPSA) is 63.9 Å². The zero-order chi connectivity index (χ0) is 16.8. The molecule has 1 heterocycles. The molecule has 24 heavy (non-hydrogen) atoms. The van der Waals surface area contributed by atoms with Crippen molar-refractivity contribution in [3.63, 3.8) is 0 Å². The summed E-state index contributed by atoms with van der Waals surface area (Å²) in [6, 6.07) is 15.6. The Balaban J connectivity index is 1.62. The summed E-state index contributed by atoms with van der Waals surface area (Å²) in [5, 5.41) is 13.3. The second kappa shape index (κ2) is 7.86. The lowest BCUT2D eigenvalue weighted by Gasteiger charge is -2.10. The first-order chi connectivity index (χ1) is 11.8. The van der Waals surface area contributed by atoms with Gasteiger partial charge in [-0.05, 0) is 30.3 Å². The third kappa shape index (κ3) is 3.88. The summed E-state index contributed by atoms with van der Waals surface area (Å²) in [4.78, 5) is 0. The van der Waals surface area contributed by atoms with Crippen molar-refractivity contribution in [2.45, 2.75) is 13.1 Å². The number of aliphatic hydroxyl groups is 1. The van der Waals surface area contributed by atoms with Crippen LogP contribution < -0.4 is 14.8 Å². The van der Waals surface area contributed by atoms with E-state index in [1.165, 1.54) is 0 Å². The predicted octanol–water partition coefficient (Wildman–Crippen LogP) is 3.10. The van der Waals surface area contributed by atoms with Crippen molar-refractivity contribution in [2.24, 2.45) is 0 Å². The van der Waals surface area contributed by atoms with E-state index in [1.54, 1.807) is 7.11 Å². The largest absolute Gasteiger partial charge is 0.497 e. The van der Waals surface area contributed by atoms with Crippen LogP contribution in [0.5, 0.6) is 11.5 Å². The van der Waals surface area contributed by atoms with Gasteiger partial charge in [0.25, 0.3) is 0 Å². The van der Waals surface area contributed by atoms with E-state index in [9.17, 15) is 0 Å². The molecule has 0 unspecified atom stereocenters. The van der Waals surface area contributed by atoms with Gasteiger partial charge in [-0.25, -0.2) is 0 Å². The average Bonchev–Trinajstić information content (AvgIpc) is 3.02. The van der Waals surface area contributed by atoms with Crippen molar-refractivity contribution in [3.8, 4) is 11.5 Å². The summed E-state index contributed by atoms with van der Waals surface area (Å²) in [7, 11) is 1.65. The molecule has 0 fully saturated rings. The molecule has 0 atom stereocenters. The molecule has 0 aliphatic heterocycles. The van der Waals surface area contributed by atoms with E-state index in [2.05, 4.69) is 5.32 Å². The lowest BCUT2D eigenvalue weighted by Crippen LogP contribution is -2.13. The number of benzene rings is 2. The van der Waals surface area contributed by atoms with E-state index in [1.807, 2.05) is 48.5 Å². The number of methoxy groups -OCH3 is 1. The van der Waals surface area contributed by atoms with Gasteiger partial charge in [0.05, 0.1) is 20.3 Å². The Morgan fingerprint density at radius 3 is 2.79 bits per heavy atom. The summed E-state index contributed by atoms with van der Waals surface area (Å²) >= 11 is 0. The van der Waals surface area contributed by atoms with Gasteiger partial charge in [-0.15, -0.1) is 0 Å². The van der Waals surface area contributed by atoms with E-state index >= 15 is 0 Å². The Bertz CT molecular complexity index is 797. The van der Waals surface area contributed by atoms with Gasteiger partial charge in [-0.3, -0.25) is 0 Å². The van der Waals surface area contributed by atoms with Crippen LogP contribution in [0.2, 0.25) is 0 Å². The highest BCUT2D eigenvalue weighted by atomic mass is 16.5. The maximum absolute atomic E-state index is 8.89. The number of hydrogen-bond donors (Lipinski definition) is 2. The number of rotatable bonds is 8. The molecule has 1 aromatic heterocycles. The number of nitrogens with one attached hydrogen (secondary N) is 1. The van der Waals surface area contributed by atoms with Crippen LogP contribution in [0.1, 0.15) is 11.3 Å². The first kappa shape index (κ1) is 16.4. The summed E-state index contributed by atoms with van der Waals surface area (Å²) in [6.07, 6.45) is 0. The minimum atomic E-state index is 0.00418. The molecule has 0 amide bonds. The molecule has 0 spiro atoms. The summed E-state index contributed by atoms with van der Waals surface area (Å²) in [6.45, 7) is 1.57. The van der Waals surface area contributed by atoms with Gasteiger partial charge in [0, 0.05) is 17.5 Å². The number of furan rings is 1. The summed E-state index contributed by atoms with van der Waals surface area (Å²) in [5.74, 6) is 2.47. The summed E-state index contributed by atoms with van der Waals surface area (Å²) in [5.41, 5.74) is 1.89. The van der Waals surface area contributed by atoms with Crippen molar-refractivity contribution < 1.29 is 19.0 Å². The van der Waals surface area contributed by atoms with Crippen LogP contribution in [0, 0.1) is 0 Å². The van der Waals surface area contributed by atoms with Gasteiger partial charge in [0.1, 0.15) is 29.4 Å². The van der Waals surface area contributed by atoms with Gasteiger partial charge < -0.3 is 24.3 Å².